The van der Waals surface area contributed by atoms with Gasteiger partial charge in [0.15, 0.2) is 0 Å². The van der Waals surface area contributed by atoms with Gasteiger partial charge in [0.05, 0.1) is 16.6 Å². The Morgan fingerprint density at radius 2 is 2.05 bits per heavy atom. The summed E-state index contributed by atoms with van der Waals surface area (Å²) in [7, 11) is 0. The lowest BCUT2D eigenvalue weighted by Gasteiger charge is -2.12. The summed E-state index contributed by atoms with van der Waals surface area (Å²) >= 11 is 0. The molecule has 1 rings (SSSR count). The molecule has 20 heavy (non-hydrogen) atoms. The van der Waals surface area contributed by atoms with Crippen molar-refractivity contribution in [3.8, 4) is 0 Å². The van der Waals surface area contributed by atoms with Gasteiger partial charge in [-0.1, -0.05) is 6.92 Å². The average Bonchev–Trinajstić information content (AvgIpc) is 2.37. The van der Waals surface area contributed by atoms with E-state index < -0.39 is 45.7 Å². The number of nitro groups is 1. The molecule has 0 aliphatic rings. The van der Waals surface area contributed by atoms with E-state index in [1.165, 1.54) is 6.92 Å². The summed E-state index contributed by atoms with van der Waals surface area (Å²) < 4.78 is 26.8. The van der Waals surface area contributed by atoms with Crippen molar-refractivity contribution >= 4 is 17.6 Å². The Balaban J connectivity index is 3.16. The summed E-state index contributed by atoms with van der Waals surface area (Å²) in [5.74, 6) is -5.28. The molecule has 1 amide bonds. The summed E-state index contributed by atoms with van der Waals surface area (Å²) in [6.45, 7) is 1.46. The van der Waals surface area contributed by atoms with Crippen LogP contribution >= 0.6 is 0 Å². The molecule has 0 saturated carbocycles. The number of nitrogens with zero attached hydrogens (tertiary/aromatic N) is 1. The van der Waals surface area contributed by atoms with Gasteiger partial charge in [-0.05, 0) is 12.5 Å². The zero-order chi connectivity index (χ0) is 15.4. The van der Waals surface area contributed by atoms with E-state index in [4.69, 9.17) is 5.11 Å². The van der Waals surface area contributed by atoms with E-state index in [1.54, 1.807) is 0 Å². The monoisotopic (exact) mass is 288 g/mol. The van der Waals surface area contributed by atoms with E-state index >= 15 is 0 Å². The minimum Gasteiger partial charge on any atom is -0.480 e. The minimum atomic E-state index is -1.52. The number of carboxylic acids is 1. The third-order valence-corrected chi connectivity index (χ3v) is 2.47. The van der Waals surface area contributed by atoms with Crippen molar-refractivity contribution in [2.24, 2.45) is 0 Å². The third-order valence-electron chi connectivity index (χ3n) is 2.47. The smallest absolute Gasteiger partial charge is 0.326 e. The first-order valence-electron chi connectivity index (χ1n) is 5.45. The number of hydrogen-bond donors (Lipinski definition) is 2. The van der Waals surface area contributed by atoms with Crippen LogP contribution in [0.1, 0.15) is 23.7 Å². The molecule has 1 aromatic rings. The Morgan fingerprint density at radius 1 is 1.45 bits per heavy atom. The first kappa shape index (κ1) is 15.5. The number of carbonyl (C=O) groups is 2. The number of halogens is 2. The van der Waals surface area contributed by atoms with Crippen LogP contribution in [-0.2, 0) is 4.79 Å². The van der Waals surface area contributed by atoms with Gasteiger partial charge < -0.3 is 10.4 Å². The van der Waals surface area contributed by atoms with Gasteiger partial charge in [-0.15, -0.1) is 0 Å². The molecule has 9 heteroatoms. The van der Waals surface area contributed by atoms with Crippen molar-refractivity contribution < 1.29 is 28.4 Å². The molecule has 0 aliphatic heterocycles. The predicted octanol–water partition coefficient (Wildman–Crippen LogP) is 1.47. The standard InChI is InChI=1S/C11H10F2N2O5/c1-2-7(11(17)18)14-10(16)6-3-5(12)4-8(9(6)13)15(19)20/h3-4,7H,2H2,1H3,(H,14,16)(H,17,18). The number of aliphatic carboxylic acids is 1. The lowest BCUT2D eigenvalue weighted by atomic mass is 10.1. The number of nitrogens with one attached hydrogen (secondary N) is 1. The largest absolute Gasteiger partial charge is 0.480 e. The van der Waals surface area contributed by atoms with Crippen LogP contribution in [0.25, 0.3) is 0 Å². The average molecular weight is 288 g/mol. The summed E-state index contributed by atoms with van der Waals surface area (Å²) in [5, 5.41) is 21.2. The Hall–Kier alpha value is -2.58. The molecule has 0 radical (unpaired) electrons. The van der Waals surface area contributed by atoms with Gasteiger partial charge in [0.1, 0.15) is 11.9 Å². The quantitative estimate of drug-likeness (QED) is 0.629. The van der Waals surface area contributed by atoms with Gasteiger partial charge in [0.2, 0.25) is 5.82 Å². The minimum absolute atomic E-state index is 0.0140. The van der Waals surface area contributed by atoms with E-state index in [0.717, 1.165) is 0 Å². The molecular weight excluding hydrogens is 278 g/mol. The van der Waals surface area contributed by atoms with Gasteiger partial charge in [0, 0.05) is 0 Å². The molecule has 1 unspecified atom stereocenters. The van der Waals surface area contributed by atoms with Crippen molar-refractivity contribution in [2.75, 3.05) is 0 Å². The van der Waals surface area contributed by atoms with E-state index in [2.05, 4.69) is 0 Å². The van der Waals surface area contributed by atoms with Gasteiger partial charge in [-0.3, -0.25) is 14.9 Å². The van der Waals surface area contributed by atoms with E-state index in [0.29, 0.717) is 12.1 Å². The maximum Gasteiger partial charge on any atom is 0.326 e. The first-order valence-corrected chi connectivity index (χ1v) is 5.45. The lowest BCUT2D eigenvalue weighted by molar-refractivity contribution is -0.387. The van der Waals surface area contributed by atoms with Crippen molar-refractivity contribution in [3.05, 3.63) is 39.4 Å². The fourth-order valence-corrected chi connectivity index (χ4v) is 1.45. The number of amides is 1. The second-order valence-electron chi connectivity index (χ2n) is 3.82. The van der Waals surface area contributed by atoms with E-state index in [9.17, 15) is 28.5 Å². The third kappa shape index (κ3) is 3.25. The van der Waals surface area contributed by atoms with Crippen LogP contribution in [0.15, 0.2) is 12.1 Å². The molecule has 0 aromatic heterocycles. The van der Waals surface area contributed by atoms with Gasteiger partial charge in [-0.25, -0.2) is 9.18 Å². The van der Waals surface area contributed by atoms with E-state index in [1.807, 2.05) is 5.32 Å². The van der Waals surface area contributed by atoms with Crippen LogP contribution in [0.5, 0.6) is 0 Å². The SMILES string of the molecule is CCC(NC(=O)c1cc(F)cc([N+](=O)[O-])c1F)C(=O)O. The van der Waals surface area contributed by atoms with Crippen molar-refractivity contribution in [3.63, 3.8) is 0 Å². The maximum atomic E-state index is 13.7. The summed E-state index contributed by atoms with van der Waals surface area (Å²) in [6.07, 6.45) is 0.0140. The fraction of sp³-hybridized carbons (Fsp3) is 0.273. The highest BCUT2D eigenvalue weighted by Gasteiger charge is 2.26. The summed E-state index contributed by atoms with van der Waals surface area (Å²) in [5.41, 5.74) is -2.12. The number of carboxylic acid groups (broad SMARTS) is 1. The first-order chi connectivity index (χ1) is 9.27. The van der Waals surface area contributed by atoms with Crippen molar-refractivity contribution in [1.29, 1.82) is 0 Å². The van der Waals surface area contributed by atoms with Crippen LogP contribution in [0.3, 0.4) is 0 Å². The molecule has 0 aliphatic carbocycles. The van der Waals surface area contributed by atoms with Crippen LogP contribution in [0, 0.1) is 21.7 Å². The van der Waals surface area contributed by atoms with Gasteiger partial charge in [-0.2, -0.15) is 4.39 Å². The number of nitro benzene ring substituents is 1. The summed E-state index contributed by atoms with van der Waals surface area (Å²) in [4.78, 5) is 31.7. The normalized spacial score (nSPS) is 11.8. The predicted molar refractivity (Wildman–Crippen MR) is 62.2 cm³/mol. The highest BCUT2D eigenvalue weighted by molar-refractivity contribution is 5.97. The molecule has 7 nitrogen and oxygen atoms in total. The van der Waals surface area contributed by atoms with Gasteiger partial charge >= 0.3 is 11.7 Å². The fourth-order valence-electron chi connectivity index (χ4n) is 1.45. The topological polar surface area (TPSA) is 110 Å². The Bertz CT molecular complexity index is 576. The Morgan fingerprint density at radius 3 is 2.50 bits per heavy atom. The van der Waals surface area contributed by atoms with Crippen molar-refractivity contribution in [1.82, 2.24) is 5.32 Å². The lowest BCUT2D eigenvalue weighted by Crippen LogP contribution is -2.40. The van der Waals surface area contributed by atoms with Crippen LogP contribution in [0.2, 0.25) is 0 Å². The zero-order valence-corrected chi connectivity index (χ0v) is 10.2. The Labute approximate surface area is 111 Å². The molecule has 0 fully saturated rings. The second-order valence-corrected chi connectivity index (χ2v) is 3.82. The van der Waals surface area contributed by atoms with Crippen LogP contribution in [-0.4, -0.2) is 27.9 Å². The molecule has 0 bridgehead atoms. The van der Waals surface area contributed by atoms with Crippen LogP contribution < -0.4 is 5.32 Å². The molecule has 0 saturated heterocycles. The molecular formula is C11H10F2N2O5. The number of rotatable bonds is 5. The zero-order valence-electron chi connectivity index (χ0n) is 10.2. The number of hydrogen-bond acceptors (Lipinski definition) is 4. The van der Waals surface area contributed by atoms with Crippen LogP contribution in [0.4, 0.5) is 14.5 Å². The molecule has 108 valence electrons. The number of benzene rings is 1. The van der Waals surface area contributed by atoms with E-state index in [-0.39, 0.29) is 6.42 Å². The molecule has 0 heterocycles. The highest BCUT2D eigenvalue weighted by atomic mass is 19.1. The van der Waals surface area contributed by atoms with Gasteiger partial charge in [0.25, 0.3) is 5.91 Å². The highest BCUT2D eigenvalue weighted by Crippen LogP contribution is 2.22. The summed E-state index contributed by atoms with van der Waals surface area (Å²) in [6, 6.07) is -0.503. The molecule has 2 N–H and O–H groups in total. The molecule has 1 atom stereocenters. The second kappa shape index (κ2) is 6.04. The molecule has 1 aromatic carbocycles. The maximum absolute atomic E-state index is 13.7. The Kier molecular flexibility index (Phi) is 4.68. The number of carbonyl (C=O) groups excluding carboxylic acids is 1. The van der Waals surface area contributed by atoms with Crippen molar-refractivity contribution in [2.45, 2.75) is 19.4 Å². The molecule has 0 spiro atoms.